The van der Waals surface area contributed by atoms with Crippen LogP contribution in [-0.4, -0.2) is 20.3 Å². The molecule has 0 N–H and O–H groups in total. The first-order valence-corrected chi connectivity index (χ1v) is 10.4. The first-order valence-electron chi connectivity index (χ1n) is 7.06. The molecule has 0 radical (unpaired) electrons. The molecule has 0 aliphatic rings. The van der Waals surface area contributed by atoms with Gasteiger partial charge in [-0.2, -0.15) is 0 Å². The summed E-state index contributed by atoms with van der Waals surface area (Å²) < 4.78 is 6.13. The highest BCUT2D eigenvalue weighted by Gasteiger charge is 2.36. The molecule has 0 fully saturated rings. The van der Waals surface area contributed by atoms with Gasteiger partial charge in [0.15, 0.2) is 8.32 Å². The highest BCUT2D eigenvalue weighted by Crippen LogP contribution is 2.36. The Kier molecular flexibility index (Phi) is 7.63. The smallest absolute Gasteiger partial charge is 0.192 e. The van der Waals surface area contributed by atoms with E-state index in [1.165, 1.54) is 5.57 Å². The minimum atomic E-state index is -1.62. The van der Waals surface area contributed by atoms with E-state index in [4.69, 9.17) is 16.0 Å². The fourth-order valence-electron chi connectivity index (χ4n) is 1.31. The number of rotatable bonds is 7. The fourth-order valence-corrected chi connectivity index (χ4v) is 2.35. The molecule has 1 nitrogen and oxygen atoms in total. The molecule has 3 heteroatoms. The number of hydrogen-bond acceptors (Lipinski definition) is 1. The highest BCUT2D eigenvalue weighted by molar-refractivity contribution is 6.74. The largest absolute Gasteiger partial charge is 0.413 e. The van der Waals surface area contributed by atoms with E-state index >= 15 is 0 Å². The molecule has 112 valence electrons. The molecule has 0 heterocycles. The van der Waals surface area contributed by atoms with Crippen LogP contribution in [0.1, 0.15) is 47.5 Å². The second kappa shape index (κ2) is 7.66. The van der Waals surface area contributed by atoms with Crippen molar-refractivity contribution in [3.05, 3.63) is 23.8 Å². The van der Waals surface area contributed by atoms with Gasteiger partial charge in [-0.3, -0.25) is 0 Å². The average molecular weight is 303 g/mol. The summed E-state index contributed by atoms with van der Waals surface area (Å²) in [4.78, 5) is 0. The van der Waals surface area contributed by atoms with E-state index in [9.17, 15) is 0 Å². The molecule has 19 heavy (non-hydrogen) atoms. The third-order valence-electron chi connectivity index (χ3n) is 4.01. The summed E-state index contributed by atoms with van der Waals surface area (Å²) in [7, 11) is -1.62. The summed E-state index contributed by atoms with van der Waals surface area (Å²) in [6, 6.07) is 0. The summed E-state index contributed by atoms with van der Waals surface area (Å²) in [5, 5.41) is 0.361. The van der Waals surface area contributed by atoms with Gasteiger partial charge < -0.3 is 4.43 Å². The van der Waals surface area contributed by atoms with Crippen molar-refractivity contribution in [3.8, 4) is 0 Å². The van der Waals surface area contributed by atoms with Crippen molar-refractivity contribution in [2.45, 2.75) is 71.0 Å². The third-order valence-corrected chi connectivity index (χ3v) is 9.10. The van der Waals surface area contributed by atoms with Crippen LogP contribution in [0.5, 0.6) is 0 Å². The SMILES string of the molecule is C=C(C)C(Cl)CC/C(C)=C/CO[Si](C)(C)C(C)(C)C. The Hall–Kier alpha value is -0.0531. The molecular weight excluding hydrogens is 272 g/mol. The molecule has 1 unspecified atom stereocenters. The maximum atomic E-state index is 6.18. The van der Waals surface area contributed by atoms with Crippen LogP contribution in [0.25, 0.3) is 0 Å². The number of allylic oxidation sites excluding steroid dienone is 2. The Bertz CT molecular complexity index is 326. The quantitative estimate of drug-likeness (QED) is 0.322. The van der Waals surface area contributed by atoms with Gasteiger partial charge in [0.05, 0.1) is 12.0 Å². The molecule has 0 spiro atoms. The standard InChI is InChI=1S/C16H31ClOSi/c1-13(2)15(17)10-9-14(3)11-12-18-19(7,8)16(4,5)6/h11,15H,1,9-10,12H2,2-8H3/b14-11+. The molecule has 0 saturated heterocycles. The Labute approximate surface area is 126 Å². The highest BCUT2D eigenvalue weighted by atomic mass is 35.5. The monoisotopic (exact) mass is 302 g/mol. The van der Waals surface area contributed by atoms with Gasteiger partial charge in [-0.05, 0) is 44.8 Å². The fraction of sp³-hybridized carbons (Fsp3) is 0.750. The average Bonchev–Trinajstić information content (AvgIpc) is 2.23. The minimum Gasteiger partial charge on any atom is -0.413 e. The van der Waals surface area contributed by atoms with Crippen LogP contribution < -0.4 is 0 Å². The summed E-state index contributed by atoms with van der Waals surface area (Å²) in [6.45, 7) is 20.1. The maximum Gasteiger partial charge on any atom is 0.192 e. The topological polar surface area (TPSA) is 9.23 Å². The molecule has 0 aromatic heterocycles. The van der Waals surface area contributed by atoms with Crippen molar-refractivity contribution in [1.29, 1.82) is 0 Å². The van der Waals surface area contributed by atoms with Gasteiger partial charge in [0, 0.05) is 0 Å². The number of alkyl halides is 1. The van der Waals surface area contributed by atoms with Gasteiger partial charge in [0.2, 0.25) is 0 Å². The van der Waals surface area contributed by atoms with Crippen molar-refractivity contribution < 1.29 is 4.43 Å². The lowest BCUT2D eigenvalue weighted by Crippen LogP contribution is -2.40. The van der Waals surface area contributed by atoms with E-state index in [1.54, 1.807) is 0 Å². The zero-order valence-corrected chi connectivity index (χ0v) is 15.5. The lowest BCUT2D eigenvalue weighted by molar-refractivity contribution is 0.327. The normalized spacial score (nSPS) is 15.5. The lowest BCUT2D eigenvalue weighted by atomic mass is 10.1. The maximum absolute atomic E-state index is 6.18. The molecule has 0 bridgehead atoms. The van der Waals surface area contributed by atoms with Crippen LogP contribution >= 0.6 is 11.6 Å². The molecular formula is C16H31ClOSi. The number of hydrogen-bond donors (Lipinski definition) is 0. The molecule has 0 rings (SSSR count). The summed E-state index contributed by atoms with van der Waals surface area (Å²) >= 11 is 6.18. The third kappa shape index (κ3) is 7.33. The van der Waals surface area contributed by atoms with E-state index in [0.29, 0.717) is 0 Å². The van der Waals surface area contributed by atoms with Crippen LogP contribution in [0.15, 0.2) is 23.8 Å². The molecule has 0 amide bonds. The Morgan fingerprint density at radius 3 is 2.26 bits per heavy atom. The molecule has 0 aliphatic heterocycles. The lowest BCUT2D eigenvalue weighted by Gasteiger charge is -2.35. The molecule has 0 aromatic rings. The van der Waals surface area contributed by atoms with E-state index in [2.05, 4.69) is 53.4 Å². The van der Waals surface area contributed by atoms with Gasteiger partial charge in [0.1, 0.15) is 0 Å². The van der Waals surface area contributed by atoms with E-state index in [1.807, 2.05) is 6.92 Å². The predicted octanol–water partition coefficient (Wildman–Crippen LogP) is 5.92. The van der Waals surface area contributed by atoms with E-state index < -0.39 is 8.32 Å². The zero-order valence-electron chi connectivity index (χ0n) is 13.8. The van der Waals surface area contributed by atoms with Gasteiger partial charge in [-0.25, -0.2) is 0 Å². The summed E-state index contributed by atoms with van der Waals surface area (Å²) in [6.07, 6.45) is 4.17. The van der Waals surface area contributed by atoms with Crippen LogP contribution in [-0.2, 0) is 4.43 Å². The summed E-state index contributed by atoms with van der Waals surface area (Å²) in [5.74, 6) is 0. The Morgan fingerprint density at radius 2 is 1.84 bits per heavy atom. The molecule has 0 aromatic carbocycles. The van der Waals surface area contributed by atoms with Gasteiger partial charge in [-0.1, -0.05) is 44.6 Å². The van der Waals surface area contributed by atoms with Crippen molar-refractivity contribution in [3.63, 3.8) is 0 Å². The van der Waals surface area contributed by atoms with Gasteiger partial charge >= 0.3 is 0 Å². The van der Waals surface area contributed by atoms with Crippen molar-refractivity contribution >= 4 is 19.9 Å². The molecule has 1 atom stereocenters. The van der Waals surface area contributed by atoms with Crippen LogP contribution in [0.4, 0.5) is 0 Å². The number of halogens is 1. The van der Waals surface area contributed by atoms with Crippen LogP contribution in [0.2, 0.25) is 18.1 Å². The Morgan fingerprint density at radius 1 is 1.32 bits per heavy atom. The predicted molar refractivity (Wildman–Crippen MR) is 90.6 cm³/mol. The van der Waals surface area contributed by atoms with Crippen molar-refractivity contribution in [2.75, 3.05) is 6.61 Å². The second-order valence-electron chi connectivity index (χ2n) is 6.97. The van der Waals surface area contributed by atoms with Crippen molar-refractivity contribution in [2.24, 2.45) is 0 Å². The van der Waals surface area contributed by atoms with Crippen molar-refractivity contribution in [1.82, 2.24) is 0 Å². The van der Waals surface area contributed by atoms with E-state index in [0.717, 1.165) is 25.0 Å². The van der Waals surface area contributed by atoms with Crippen LogP contribution in [0, 0.1) is 0 Å². The first kappa shape index (κ1) is 18.9. The molecule has 0 aliphatic carbocycles. The summed E-state index contributed by atoms with van der Waals surface area (Å²) in [5.41, 5.74) is 2.40. The van der Waals surface area contributed by atoms with E-state index in [-0.39, 0.29) is 10.4 Å². The Balaban J connectivity index is 4.17. The second-order valence-corrected chi connectivity index (χ2v) is 12.3. The van der Waals surface area contributed by atoms with Gasteiger partial charge in [-0.15, -0.1) is 11.6 Å². The minimum absolute atomic E-state index is 0.0876. The van der Waals surface area contributed by atoms with Crippen LogP contribution in [0.3, 0.4) is 0 Å². The van der Waals surface area contributed by atoms with Gasteiger partial charge in [0.25, 0.3) is 0 Å². The first-order chi connectivity index (χ1) is 8.47. The zero-order chi connectivity index (χ0) is 15.3. The molecule has 0 saturated carbocycles.